The van der Waals surface area contributed by atoms with E-state index in [1.807, 2.05) is 0 Å². The minimum absolute atomic E-state index is 0.335. The van der Waals surface area contributed by atoms with Crippen molar-refractivity contribution in [1.82, 2.24) is 4.90 Å². The summed E-state index contributed by atoms with van der Waals surface area (Å²) in [6, 6.07) is 8.81. The number of piperidine rings is 1. The molecule has 0 radical (unpaired) electrons. The molecule has 1 atom stereocenters. The van der Waals surface area contributed by atoms with E-state index in [-0.39, 0.29) is 0 Å². The predicted octanol–water partition coefficient (Wildman–Crippen LogP) is 3.60. The lowest BCUT2D eigenvalue weighted by Crippen LogP contribution is -2.42. The lowest BCUT2D eigenvalue weighted by Gasteiger charge is -2.41. The Morgan fingerprint density at radius 1 is 1.19 bits per heavy atom. The number of rotatable bonds is 6. The molecule has 2 rings (SSSR count). The van der Waals surface area contributed by atoms with Gasteiger partial charge in [-0.3, -0.25) is 4.90 Å². The maximum atomic E-state index is 6.05. The van der Waals surface area contributed by atoms with Gasteiger partial charge in [0.15, 0.2) is 0 Å². The highest BCUT2D eigenvalue weighted by atomic mass is 16.5. The van der Waals surface area contributed by atoms with E-state index in [0.29, 0.717) is 18.0 Å². The largest absolute Gasteiger partial charge is 0.494 e. The van der Waals surface area contributed by atoms with Crippen LogP contribution in [0.3, 0.4) is 0 Å². The van der Waals surface area contributed by atoms with Gasteiger partial charge in [0, 0.05) is 12.6 Å². The van der Waals surface area contributed by atoms with Crippen molar-refractivity contribution in [3.8, 4) is 5.75 Å². The Morgan fingerprint density at radius 3 is 2.33 bits per heavy atom. The molecule has 1 unspecified atom stereocenters. The van der Waals surface area contributed by atoms with Gasteiger partial charge in [0.1, 0.15) is 5.75 Å². The molecule has 3 heteroatoms. The SMILES string of the molecule is CCCOc1ccc(C(CN)N2CCC(C)(C)CC2)cc1. The topological polar surface area (TPSA) is 38.5 Å². The van der Waals surface area contributed by atoms with E-state index in [1.165, 1.54) is 18.4 Å². The van der Waals surface area contributed by atoms with Gasteiger partial charge >= 0.3 is 0 Å². The second kappa shape index (κ2) is 7.28. The zero-order valence-electron chi connectivity index (χ0n) is 13.8. The van der Waals surface area contributed by atoms with Crippen molar-refractivity contribution in [2.75, 3.05) is 26.2 Å². The van der Waals surface area contributed by atoms with Gasteiger partial charge in [-0.1, -0.05) is 32.9 Å². The number of likely N-dealkylation sites (tertiary alicyclic amines) is 1. The van der Waals surface area contributed by atoms with Crippen LogP contribution in [0.2, 0.25) is 0 Å². The predicted molar refractivity (Wildman–Crippen MR) is 88.6 cm³/mol. The highest BCUT2D eigenvalue weighted by Crippen LogP contribution is 2.33. The maximum Gasteiger partial charge on any atom is 0.119 e. The van der Waals surface area contributed by atoms with Crippen LogP contribution >= 0.6 is 0 Å². The van der Waals surface area contributed by atoms with Crippen LogP contribution in [0, 0.1) is 5.41 Å². The molecule has 0 amide bonds. The van der Waals surface area contributed by atoms with Crippen LogP contribution in [0.1, 0.15) is 51.6 Å². The first-order valence-corrected chi connectivity index (χ1v) is 8.22. The summed E-state index contributed by atoms with van der Waals surface area (Å²) in [7, 11) is 0. The summed E-state index contributed by atoms with van der Waals surface area (Å²) in [6.45, 7) is 10.6. The quantitative estimate of drug-likeness (QED) is 0.870. The summed E-state index contributed by atoms with van der Waals surface area (Å²) in [5, 5.41) is 0. The van der Waals surface area contributed by atoms with E-state index in [9.17, 15) is 0 Å². The molecule has 1 aliphatic heterocycles. The number of hydrogen-bond acceptors (Lipinski definition) is 3. The van der Waals surface area contributed by atoms with Gasteiger partial charge < -0.3 is 10.5 Å². The molecule has 1 aliphatic rings. The van der Waals surface area contributed by atoms with Crippen LogP contribution in [0.4, 0.5) is 0 Å². The first-order chi connectivity index (χ1) is 10.1. The molecule has 118 valence electrons. The third-order valence-electron chi connectivity index (χ3n) is 4.55. The fourth-order valence-corrected chi connectivity index (χ4v) is 2.94. The van der Waals surface area contributed by atoms with E-state index < -0.39 is 0 Å². The number of hydrogen-bond donors (Lipinski definition) is 1. The second-order valence-corrected chi connectivity index (χ2v) is 6.87. The fourth-order valence-electron chi connectivity index (χ4n) is 2.94. The fraction of sp³-hybridized carbons (Fsp3) is 0.667. The van der Waals surface area contributed by atoms with Crippen molar-refractivity contribution >= 4 is 0 Å². The summed E-state index contributed by atoms with van der Waals surface area (Å²) in [5.41, 5.74) is 7.83. The molecule has 21 heavy (non-hydrogen) atoms. The Hall–Kier alpha value is -1.06. The van der Waals surface area contributed by atoms with Crippen molar-refractivity contribution in [2.24, 2.45) is 11.1 Å². The number of nitrogens with zero attached hydrogens (tertiary/aromatic N) is 1. The van der Waals surface area contributed by atoms with Crippen molar-refractivity contribution < 1.29 is 4.74 Å². The van der Waals surface area contributed by atoms with E-state index in [1.54, 1.807) is 0 Å². The highest BCUT2D eigenvalue weighted by Gasteiger charge is 2.29. The zero-order chi connectivity index (χ0) is 15.3. The minimum Gasteiger partial charge on any atom is -0.494 e. The normalized spacial score (nSPS) is 20.2. The average Bonchev–Trinajstić information content (AvgIpc) is 2.48. The van der Waals surface area contributed by atoms with Gasteiger partial charge in [-0.2, -0.15) is 0 Å². The third-order valence-corrected chi connectivity index (χ3v) is 4.55. The highest BCUT2D eigenvalue weighted by molar-refractivity contribution is 5.29. The second-order valence-electron chi connectivity index (χ2n) is 6.87. The van der Waals surface area contributed by atoms with Crippen LogP contribution in [0.5, 0.6) is 5.75 Å². The van der Waals surface area contributed by atoms with Crippen molar-refractivity contribution in [3.05, 3.63) is 29.8 Å². The Kier molecular flexibility index (Phi) is 5.65. The van der Waals surface area contributed by atoms with Crippen LogP contribution < -0.4 is 10.5 Å². The molecule has 0 aliphatic carbocycles. The monoisotopic (exact) mass is 290 g/mol. The third kappa shape index (κ3) is 4.45. The molecule has 1 fully saturated rings. The maximum absolute atomic E-state index is 6.05. The summed E-state index contributed by atoms with van der Waals surface area (Å²) >= 11 is 0. The minimum atomic E-state index is 0.335. The van der Waals surface area contributed by atoms with Gasteiger partial charge in [-0.15, -0.1) is 0 Å². The molecule has 0 spiro atoms. The van der Waals surface area contributed by atoms with Gasteiger partial charge in [0.2, 0.25) is 0 Å². The molecule has 0 bridgehead atoms. The van der Waals surface area contributed by atoms with Gasteiger partial charge in [0.25, 0.3) is 0 Å². The number of benzene rings is 1. The smallest absolute Gasteiger partial charge is 0.119 e. The van der Waals surface area contributed by atoms with Gasteiger partial charge in [-0.25, -0.2) is 0 Å². The lowest BCUT2D eigenvalue weighted by molar-refractivity contribution is 0.0964. The molecule has 0 aromatic heterocycles. The molecular formula is C18H30N2O. The molecular weight excluding hydrogens is 260 g/mol. The number of ether oxygens (including phenoxy) is 1. The molecule has 1 heterocycles. The van der Waals surface area contributed by atoms with Crippen LogP contribution in [0.25, 0.3) is 0 Å². The van der Waals surface area contributed by atoms with Gasteiger partial charge in [0.05, 0.1) is 6.61 Å². The Labute approximate surface area is 129 Å². The van der Waals surface area contributed by atoms with E-state index in [0.717, 1.165) is 31.9 Å². The summed E-state index contributed by atoms with van der Waals surface area (Å²) in [6.07, 6.45) is 3.54. The molecule has 2 N–H and O–H groups in total. The number of nitrogens with two attached hydrogens (primary N) is 1. The molecule has 1 aromatic carbocycles. The lowest BCUT2D eigenvalue weighted by atomic mass is 9.82. The Morgan fingerprint density at radius 2 is 1.81 bits per heavy atom. The molecule has 1 saturated heterocycles. The molecule has 0 saturated carbocycles. The molecule has 1 aromatic rings. The van der Waals surface area contributed by atoms with Crippen LogP contribution in [0.15, 0.2) is 24.3 Å². The average molecular weight is 290 g/mol. The standard InChI is InChI=1S/C18H30N2O/c1-4-13-21-16-7-5-15(6-8-16)17(14-19)20-11-9-18(2,3)10-12-20/h5-8,17H,4,9-14,19H2,1-3H3. The van der Waals surface area contributed by atoms with Crippen LogP contribution in [-0.4, -0.2) is 31.1 Å². The Bertz CT molecular complexity index is 417. The van der Waals surface area contributed by atoms with E-state index >= 15 is 0 Å². The summed E-state index contributed by atoms with van der Waals surface area (Å²) in [5.74, 6) is 0.955. The zero-order valence-corrected chi connectivity index (χ0v) is 13.8. The Balaban J connectivity index is 2.00. The summed E-state index contributed by atoms with van der Waals surface area (Å²) in [4.78, 5) is 2.53. The van der Waals surface area contributed by atoms with Crippen molar-refractivity contribution in [1.29, 1.82) is 0 Å². The van der Waals surface area contributed by atoms with Crippen LogP contribution in [-0.2, 0) is 0 Å². The molecule has 3 nitrogen and oxygen atoms in total. The van der Waals surface area contributed by atoms with E-state index in [4.69, 9.17) is 10.5 Å². The van der Waals surface area contributed by atoms with Crippen molar-refractivity contribution in [3.63, 3.8) is 0 Å². The van der Waals surface area contributed by atoms with Crippen molar-refractivity contribution in [2.45, 2.75) is 46.1 Å². The van der Waals surface area contributed by atoms with Gasteiger partial charge in [-0.05, 0) is 55.5 Å². The first kappa shape index (κ1) is 16.3. The van der Waals surface area contributed by atoms with E-state index in [2.05, 4.69) is 49.9 Å². The summed E-state index contributed by atoms with van der Waals surface area (Å²) < 4.78 is 5.65. The first-order valence-electron chi connectivity index (χ1n) is 8.22.